The Morgan fingerprint density at radius 1 is 1.22 bits per heavy atom. The first-order valence-corrected chi connectivity index (χ1v) is 7.10. The predicted molar refractivity (Wildman–Crippen MR) is 84.8 cm³/mol. The summed E-state index contributed by atoms with van der Waals surface area (Å²) >= 11 is 0. The number of nitrogens with two attached hydrogens (primary N) is 1. The van der Waals surface area contributed by atoms with E-state index in [1.165, 1.54) is 12.1 Å². The molecule has 2 aromatic carbocycles. The van der Waals surface area contributed by atoms with Crippen LogP contribution in [-0.2, 0) is 4.79 Å². The summed E-state index contributed by atoms with van der Waals surface area (Å²) < 4.78 is 25.9. The van der Waals surface area contributed by atoms with Crippen molar-refractivity contribution in [3.05, 3.63) is 64.7 Å². The Morgan fingerprint density at radius 2 is 1.96 bits per heavy atom. The number of nitrogens with zero attached hydrogens (tertiary/aromatic N) is 1. The predicted octanol–water partition coefficient (Wildman–Crippen LogP) is 3.01. The van der Waals surface area contributed by atoms with Gasteiger partial charge in [0.1, 0.15) is 0 Å². The molecule has 6 heteroatoms. The Labute approximate surface area is 132 Å². The van der Waals surface area contributed by atoms with E-state index in [2.05, 4.69) is 10.3 Å². The number of aryl methyl sites for hydroxylation is 1. The Balaban J connectivity index is 2.21. The van der Waals surface area contributed by atoms with Crippen molar-refractivity contribution in [3.63, 3.8) is 0 Å². The molecule has 1 unspecified atom stereocenters. The van der Waals surface area contributed by atoms with Crippen molar-refractivity contribution in [2.75, 3.05) is 5.32 Å². The largest absolute Gasteiger partial charge is 0.322 e. The average molecular weight is 315 g/mol. The summed E-state index contributed by atoms with van der Waals surface area (Å²) in [5.41, 5.74) is 8.73. The molecule has 0 radical (unpaired) electrons. The minimum atomic E-state index is -2.58. The maximum atomic E-state index is 13.0. The number of hydrogen-bond donors (Lipinski definition) is 2. The van der Waals surface area contributed by atoms with Crippen molar-refractivity contribution in [3.8, 4) is 0 Å². The summed E-state index contributed by atoms with van der Waals surface area (Å²) in [5, 5.41) is 2.75. The van der Waals surface area contributed by atoms with Crippen molar-refractivity contribution in [2.24, 2.45) is 10.7 Å². The van der Waals surface area contributed by atoms with E-state index in [0.29, 0.717) is 22.5 Å². The fourth-order valence-electron chi connectivity index (χ4n) is 2.55. The summed E-state index contributed by atoms with van der Waals surface area (Å²) in [6, 6.07) is 11.4. The minimum absolute atomic E-state index is 0.100. The molecule has 1 aliphatic heterocycles. The third-order valence-corrected chi connectivity index (χ3v) is 3.72. The highest BCUT2D eigenvalue weighted by molar-refractivity contribution is 6.20. The number of aliphatic imine (C=N–C) groups is 1. The zero-order chi connectivity index (χ0) is 16.6. The summed E-state index contributed by atoms with van der Waals surface area (Å²) in [6.07, 6.45) is -3.67. The molecule has 2 aromatic rings. The zero-order valence-electron chi connectivity index (χ0n) is 12.4. The minimum Gasteiger partial charge on any atom is -0.322 e. The molecule has 1 amide bonds. The van der Waals surface area contributed by atoms with Gasteiger partial charge >= 0.3 is 0 Å². The molecular formula is C17H15F2N3O. The molecule has 0 fully saturated rings. The number of anilines is 1. The number of benzene rings is 2. The van der Waals surface area contributed by atoms with E-state index in [0.717, 1.165) is 5.56 Å². The third kappa shape index (κ3) is 2.85. The molecule has 1 atom stereocenters. The number of amides is 1. The van der Waals surface area contributed by atoms with Crippen LogP contribution in [0.1, 0.15) is 28.7 Å². The standard InChI is InChI=1S/C17H15F2N3O/c1-9-4-2-7-12-13(9)22-17(23)16(20)21-14(12)10-5-3-6-11(8-10)15(18)19/h2-8,15-16H,20H2,1H3,(H,22,23). The van der Waals surface area contributed by atoms with E-state index in [4.69, 9.17) is 5.73 Å². The van der Waals surface area contributed by atoms with Crippen molar-refractivity contribution in [1.29, 1.82) is 0 Å². The number of benzodiazepines with no additional fused rings is 1. The molecule has 0 saturated carbocycles. The van der Waals surface area contributed by atoms with Gasteiger partial charge in [-0.2, -0.15) is 0 Å². The molecule has 23 heavy (non-hydrogen) atoms. The van der Waals surface area contributed by atoms with E-state index >= 15 is 0 Å². The molecule has 0 aromatic heterocycles. The second-order valence-electron chi connectivity index (χ2n) is 5.34. The number of hydrogen-bond acceptors (Lipinski definition) is 3. The van der Waals surface area contributed by atoms with Crippen LogP contribution in [0.2, 0.25) is 0 Å². The van der Waals surface area contributed by atoms with Crippen LogP contribution in [0.3, 0.4) is 0 Å². The van der Waals surface area contributed by atoms with Gasteiger partial charge in [0.2, 0.25) is 0 Å². The second-order valence-corrected chi connectivity index (χ2v) is 5.34. The van der Waals surface area contributed by atoms with Crippen LogP contribution in [-0.4, -0.2) is 17.8 Å². The molecule has 0 aliphatic carbocycles. The molecule has 118 valence electrons. The summed E-state index contributed by atoms with van der Waals surface area (Å²) in [5.74, 6) is -0.430. The quantitative estimate of drug-likeness (QED) is 0.894. The van der Waals surface area contributed by atoms with E-state index in [-0.39, 0.29) is 5.56 Å². The maximum Gasteiger partial charge on any atom is 0.263 e. The molecule has 3 rings (SSSR count). The van der Waals surface area contributed by atoms with Crippen LogP contribution in [0, 0.1) is 6.92 Å². The molecule has 0 saturated heterocycles. The van der Waals surface area contributed by atoms with Crippen molar-refractivity contribution in [2.45, 2.75) is 19.5 Å². The number of alkyl halides is 2. The van der Waals surface area contributed by atoms with Crippen molar-refractivity contribution < 1.29 is 13.6 Å². The number of nitrogens with one attached hydrogen (secondary N) is 1. The topological polar surface area (TPSA) is 67.5 Å². The Bertz CT molecular complexity index is 802. The maximum absolute atomic E-state index is 13.0. The summed E-state index contributed by atoms with van der Waals surface area (Å²) in [7, 11) is 0. The molecule has 4 nitrogen and oxygen atoms in total. The third-order valence-electron chi connectivity index (χ3n) is 3.72. The lowest BCUT2D eigenvalue weighted by Gasteiger charge is -2.13. The van der Waals surface area contributed by atoms with Crippen LogP contribution < -0.4 is 11.1 Å². The molecule has 3 N–H and O–H groups in total. The lowest BCUT2D eigenvalue weighted by atomic mass is 9.97. The first-order chi connectivity index (χ1) is 11.0. The van der Waals surface area contributed by atoms with Crippen molar-refractivity contribution in [1.82, 2.24) is 0 Å². The number of halogens is 2. The molecule has 0 spiro atoms. The highest BCUT2D eigenvalue weighted by Crippen LogP contribution is 2.28. The number of carbonyl (C=O) groups excluding carboxylic acids is 1. The first-order valence-electron chi connectivity index (χ1n) is 7.10. The van der Waals surface area contributed by atoms with Crippen LogP contribution >= 0.6 is 0 Å². The first kappa shape index (κ1) is 15.3. The highest BCUT2D eigenvalue weighted by atomic mass is 19.3. The smallest absolute Gasteiger partial charge is 0.263 e. The van der Waals surface area contributed by atoms with Gasteiger partial charge in [-0.05, 0) is 18.6 Å². The van der Waals surface area contributed by atoms with Gasteiger partial charge in [-0.25, -0.2) is 8.78 Å². The fraction of sp³-hybridized carbons (Fsp3) is 0.176. The van der Waals surface area contributed by atoms with Crippen LogP contribution in [0.5, 0.6) is 0 Å². The van der Waals surface area contributed by atoms with E-state index in [9.17, 15) is 13.6 Å². The van der Waals surface area contributed by atoms with Gasteiger partial charge in [0.25, 0.3) is 12.3 Å². The molecule has 0 bridgehead atoms. The van der Waals surface area contributed by atoms with Gasteiger partial charge in [-0.15, -0.1) is 0 Å². The van der Waals surface area contributed by atoms with Crippen molar-refractivity contribution >= 4 is 17.3 Å². The SMILES string of the molecule is Cc1cccc2c1NC(=O)C(N)N=C2c1cccc(C(F)F)c1. The number of fused-ring (bicyclic) bond motifs is 1. The van der Waals surface area contributed by atoms with Gasteiger partial charge < -0.3 is 11.1 Å². The molecule has 1 heterocycles. The van der Waals surface area contributed by atoms with Gasteiger partial charge in [-0.3, -0.25) is 9.79 Å². The van der Waals surface area contributed by atoms with Crippen LogP contribution in [0.15, 0.2) is 47.5 Å². The molecular weight excluding hydrogens is 300 g/mol. The average Bonchev–Trinajstić information content (AvgIpc) is 2.66. The lowest BCUT2D eigenvalue weighted by Crippen LogP contribution is -2.33. The Kier molecular flexibility index (Phi) is 3.92. The Hall–Kier alpha value is -2.60. The zero-order valence-corrected chi connectivity index (χ0v) is 12.4. The summed E-state index contributed by atoms with van der Waals surface area (Å²) in [4.78, 5) is 16.3. The monoisotopic (exact) mass is 315 g/mol. The van der Waals surface area contributed by atoms with Crippen LogP contribution in [0.4, 0.5) is 14.5 Å². The van der Waals surface area contributed by atoms with E-state index in [1.54, 1.807) is 18.2 Å². The van der Waals surface area contributed by atoms with Gasteiger partial charge in [0.15, 0.2) is 6.17 Å². The second kappa shape index (κ2) is 5.89. The van der Waals surface area contributed by atoms with E-state index in [1.807, 2.05) is 19.1 Å². The van der Waals surface area contributed by atoms with Gasteiger partial charge in [0.05, 0.1) is 11.4 Å². The Morgan fingerprint density at radius 3 is 2.70 bits per heavy atom. The van der Waals surface area contributed by atoms with Crippen LogP contribution in [0.25, 0.3) is 0 Å². The molecule has 1 aliphatic rings. The number of rotatable bonds is 2. The fourth-order valence-corrected chi connectivity index (χ4v) is 2.55. The van der Waals surface area contributed by atoms with Gasteiger partial charge in [0, 0.05) is 16.7 Å². The highest BCUT2D eigenvalue weighted by Gasteiger charge is 2.24. The number of carbonyl (C=O) groups is 1. The summed E-state index contributed by atoms with van der Waals surface area (Å²) in [6.45, 7) is 1.85. The van der Waals surface area contributed by atoms with Gasteiger partial charge in [-0.1, -0.05) is 36.4 Å². The number of para-hydroxylation sites is 1. The van der Waals surface area contributed by atoms with E-state index < -0.39 is 18.5 Å². The lowest BCUT2D eigenvalue weighted by molar-refractivity contribution is -0.117. The normalized spacial score (nSPS) is 17.3.